The lowest BCUT2D eigenvalue weighted by molar-refractivity contribution is -0.155. The maximum absolute atomic E-state index is 13.3. The summed E-state index contributed by atoms with van der Waals surface area (Å²) in [5.74, 6) is 1.14. The van der Waals surface area contributed by atoms with Gasteiger partial charge in [0.1, 0.15) is 11.4 Å². The van der Waals surface area contributed by atoms with Crippen LogP contribution in [0.3, 0.4) is 0 Å². The molecule has 1 aromatic heterocycles. The van der Waals surface area contributed by atoms with Gasteiger partial charge in [0, 0.05) is 24.5 Å². The van der Waals surface area contributed by atoms with Crippen molar-refractivity contribution in [2.45, 2.75) is 130 Å². The fraction of sp³-hybridized carbons (Fsp3) is 0.579. The highest BCUT2D eigenvalue weighted by Gasteiger charge is 2.50. The van der Waals surface area contributed by atoms with Gasteiger partial charge in [-0.15, -0.1) is 0 Å². The maximum Gasteiger partial charge on any atom is 0.306 e. The van der Waals surface area contributed by atoms with Crippen LogP contribution in [0.2, 0.25) is 5.04 Å². The molecule has 1 fully saturated rings. The number of carbonyl (C=O) groups excluding carboxylic acids is 1. The van der Waals surface area contributed by atoms with Gasteiger partial charge in [0.05, 0.1) is 12.1 Å². The summed E-state index contributed by atoms with van der Waals surface area (Å²) in [6, 6.07) is 21.4. The summed E-state index contributed by atoms with van der Waals surface area (Å²) in [6.45, 7) is 20.0. The summed E-state index contributed by atoms with van der Waals surface area (Å²) in [5, 5.41) is 7.08. The molecule has 44 heavy (non-hydrogen) atoms. The van der Waals surface area contributed by atoms with Crippen LogP contribution in [0.5, 0.6) is 0 Å². The molecular weight excluding hydrogens is 563 g/mol. The zero-order valence-corrected chi connectivity index (χ0v) is 29.7. The number of rotatable bonds is 13. The fourth-order valence-corrected chi connectivity index (χ4v) is 11.0. The summed E-state index contributed by atoms with van der Waals surface area (Å²) in [4.78, 5) is 13.3. The first kappa shape index (κ1) is 34.2. The van der Waals surface area contributed by atoms with Gasteiger partial charge in [-0.05, 0) is 79.6 Å². The molecule has 2 aromatic carbocycles. The van der Waals surface area contributed by atoms with E-state index in [1.54, 1.807) is 0 Å². The number of hydrogen-bond acceptors (Lipinski definition) is 5. The quantitative estimate of drug-likeness (QED) is 0.142. The van der Waals surface area contributed by atoms with Gasteiger partial charge in [0.2, 0.25) is 0 Å². The summed E-state index contributed by atoms with van der Waals surface area (Å²) in [5.41, 5.74) is 1.92. The predicted octanol–water partition coefficient (Wildman–Crippen LogP) is 8.70. The highest BCUT2D eigenvalue weighted by atomic mass is 28.4. The van der Waals surface area contributed by atoms with Gasteiger partial charge in [-0.1, -0.05) is 107 Å². The highest BCUT2D eigenvalue weighted by molar-refractivity contribution is 6.99. The Hall–Kier alpha value is -2.70. The average Bonchev–Trinajstić information content (AvgIpc) is 3.68. The number of carbonyl (C=O) groups is 1. The monoisotopic (exact) mass is 617 g/mol. The Morgan fingerprint density at radius 2 is 1.48 bits per heavy atom. The van der Waals surface area contributed by atoms with Crippen molar-refractivity contribution in [1.82, 2.24) is 5.16 Å². The molecule has 1 unspecified atom stereocenters. The van der Waals surface area contributed by atoms with E-state index in [-0.39, 0.29) is 28.8 Å². The molecule has 0 saturated heterocycles. The minimum Gasteiger partial charge on any atom is -0.460 e. The standard InChI is InChI=1S/C38H55NO4Si/c1-36(2,3)25-16-21-32-34(28-22-23-28)35(39-43-32)29(27-33(40)42-37(4,5)6)24-26-41-44(38(7,8)9,30-17-12-10-13-18-30)31-19-14-11-15-20-31/h10-15,17-20,28-29H,16,21-27H2,1-9H3. The van der Waals surface area contributed by atoms with Crippen LogP contribution in [0, 0.1) is 5.41 Å². The fourth-order valence-electron chi connectivity index (χ4n) is 6.44. The summed E-state index contributed by atoms with van der Waals surface area (Å²) >= 11 is 0. The molecule has 4 rings (SSSR count). The molecule has 0 N–H and O–H groups in total. The van der Waals surface area contributed by atoms with E-state index in [1.165, 1.54) is 15.9 Å². The molecule has 0 amide bonds. The highest BCUT2D eigenvalue weighted by Crippen LogP contribution is 2.47. The van der Waals surface area contributed by atoms with Crippen LogP contribution >= 0.6 is 0 Å². The summed E-state index contributed by atoms with van der Waals surface area (Å²) in [7, 11) is -2.71. The Kier molecular flexibility index (Phi) is 10.7. The van der Waals surface area contributed by atoms with E-state index in [0.717, 1.165) is 43.6 Å². The van der Waals surface area contributed by atoms with Gasteiger partial charge < -0.3 is 13.7 Å². The SMILES string of the molecule is CC(C)(C)CCCc1onc(C(CCO[Si](c2ccccc2)(c2ccccc2)C(C)(C)C)CC(=O)OC(C)(C)C)c1C1CC1. The average molecular weight is 618 g/mol. The van der Waals surface area contributed by atoms with Crippen LogP contribution in [0.25, 0.3) is 0 Å². The topological polar surface area (TPSA) is 61.6 Å². The van der Waals surface area contributed by atoms with Gasteiger partial charge in [0.25, 0.3) is 8.32 Å². The van der Waals surface area contributed by atoms with E-state index in [9.17, 15) is 4.79 Å². The third-order valence-corrected chi connectivity index (χ3v) is 13.6. The van der Waals surface area contributed by atoms with Crippen molar-refractivity contribution in [3.8, 4) is 0 Å². The van der Waals surface area contributed by atoms with Gasteiger partial charge in [0.15, 0.2) is 0 Å². The van der Waals surface area contributed by atoms with Gasteiger partial charge in [-0.2, -0.15) is 0 Å². The van der Waals surface area contributed by atoms with Crippen molar-refractivity contribution in [3.05, 3.63) is 77.7 Å². The van der Waals surface area contributed by atoms with Gasteiger partial charge >= 0.3 is 5.97 Å². The Balaban J connectivity index is 1.66. The lowest BCUT2D eigenvalue weighted by Crippen LogP contribution is -2.66. The zero-order valence-electron chi connectivity index (χ0n) is 28.7. The Bertz CT molecular complexity index is 1300. The van der Waals surface area contributed by atoms with Crippen molar-refractivity contribution < 1.29 is 18.5 Å². The summed E-state index contributed by atoms with van der Waals surface area (Å²) < 4.78 is 19.2. The van der Waals surface area contributed by atoms with Gasteiger partial charge in [-0.25, -0.2) is 0 Å². The Labute approximate surface area is 267 Å². The third-order valence-electron chi connectivity index (χ3n) is 8.57. The Morgan fingerprint density at radius 1 is 0.909 bits per heavy atom. The molecule has 1 heterocycles. The van der Waals surface area contributed by atoms with E-state index < -0.39 is 13.9 Å². The first-order valence-electron chi connectivity index (χ1n) is 16.6. The molecule has 0 bridgehead atoms. The molecule has 1 saturated carbocycles. The number of hydrogen-bond donors (Lipinski definition) is 0. The van der Waals surface area contributed by atoms with E-state index in [4.69, 9.17) is 18.8 Å². The number of aryl methyl sites for hydroxylation is 1. The molecule has 0 aliphatic heterocycles. The first-order chi connectivity index (χ1) is 20.6. The molecule has 1 aliphatic carbocycles. The van der Waals surface area contributed by atoms with Crippen molar-refractivity contribution in [2.75, 3.05) is 6.61 Å². The first-order valence-corrected chi connectivity index (χ1v) is 18.5. The molecule has 0 radical (unpaired) electrons. The Morgan fingerprint density at radius 3 is 1.95 bits per heavy atom. The van der Waals surface area contributed by atoms with Crippen molar-refractivity contribution >= 4 is 24.7 Å². The largest absolute Gasteiger partial charge is 0.460 e. The lowest BCUT2D eigenvalue weighted by Gasteiger charge is -2.43. The second kappa shape index (κ2) is 13.7. The van der Waals surface area contributed by atoms with Crippen molar-refractivity contribution in [2.24, 2.45) is 5.41 Å². The molecular formula is C38H55NO4Si. The second-order valence-electron chi connectivity index (χ2n) is 15.9. The van der Waals surface area contributed by atoms with E-state index >= 15 is 0 Å². The number of nitrogens with zero attached hydrogens (tertiary/aromatic N) is 1. The van der Waals surface area contributed by atoms with Gasteiger partial charge in [-0.3, -0.25) is 4.79 Å². The van der Waals surface area contributed by atoms with Crippen LogP contribution in [0.4, 0.5) is 0 Å². The minimum absolute atomic E-state index is 0.121. The third kappa shape index (κ3) is 8.72. The lowest BCUT2D eigenvalue weighted by atomic mass is 9.88. The smallest absolute Gasteiger partial charge is 0.306 e. The molecule has 240 valence electrons. The number of esters is 1. The van der Waals surface area contributed by atoms with E-state index in [0.29, 0.717) is 18.9 Å². The van der Waals surface area contributed by atoms with Crippen LogP contribution in [-0.2, 0) is 20.4 Å². The molecule has 5 nitrogen and oxygen atoms in total. The molecule has 3 aromatic rings. The van der Waals surface area contributed by atoms with Crippen LogP contribution in [-0.4, -0.2) is 31.7 Å². The van der Waals surface area contributed by atoms with Crippen LogP contribution in [0.1, 0.15) is 130 Å². The summed E-state index contributed by atoms with van der Waals surface area (Å²) in [6.07, 6.45) is 6.29. The van der Waals surface area contributed by atoms with E-state index in [1.807, 2.05) is 20.8 Å². The van der Waals surface area contributed by atoms with Crippen LogP contribution in [0.15, 0.2) is 65.2 Å². The molecule has 1 aliphatic rings. The maximum atomic E-state index is 13.3. The minimum atomic E-state index is -2.71. The second-order valence-corrected chi connectivity index (χ2v) is 20.2. The van der Waals surface area contributed by atoms with E-state index in [2.05, 4.69) is 102 Å². The van der Waals surface area contributed by atoms with Crippen molar-refractivity contribution in [3.63, 3.8) is 0 Å². The van der Waals surface area contributed by atoms with Crippen LogP contribution < -0.4 is 10.4 Å². The van der Waals surface area contributed by atoms with Crippen molar-refractivity contribution in [1.29, 1.82) is 0 Å². The zero-order chi connectivity index (χ0) is 32.2. The normalized spacial score (nSPS) is 15.3. The number of aromatic nitrogens is 1. The molecule has 0 spiro atoms. The predicted molar refractivity (Wildman–Crippen MR) is 182 cm³/mol. The number of benzene rings is 2. The number of ether oxygens (including phenoxy) is 1. The molecule has 6 heteroatoms. The molecule has 1 atom stereocenters.